The summed E-state index contributed by atoms with van der Waals surface area (Å²) in [6.07, 6.45) is 4.05. The SMILES string of the molecule is Cc1ccc(S(=O)(=O)N2CCCCCC2N=C=O)cc1. The van der Waals surface area contributed by atoms with Crippen molar-refractivity contribution >= 4 is 16.1 Å². The van der Waals surface area contributed by atoms with Crippen molar-refractivity contribution in [3.63, 3.8) is 0 Å². The Balaban J connectivity index is 2.38. The molecule has 5 nitrogen and oxygen atoms in total. The average molecular weight is 294 g/mol. The van der Waals surface area contributed by atoms with Gasteiger partial charge in [-0.2, -0.15) is 9.30 Å². The molecule has 0 aliphatic carbocycles. The molecular weight excluding hydrogens is 276 g/mol. The number of sulfonamides is 1. The highest BCUT2D eigenvalue weighted by Gasteiger charge is 2.32. The van der Waals surface area contributed by atoms with Crippen LogP contribution in [0.25, 0.3) is 0 Å². The molecule has 1 saturated heterocycles. The topological polar surface area (TPSA) is 66.8 Å². The van der Waals surface area contributed by atoms with E-state index in [2.05, 4.69) is 4.99 Å². The van der Waals surface area contributed by atoms with Crippen molar-refractivity contribution < 1.29 is 13.2 Å². The Morgan fingerprint density at radius 1 is 1.20 bits per heavy atom. The number of isocyanates is 1. The van der Waals surface area contributed by atoms with E-state index in [-0.39, 0.29) is 4.90 Å². The lowest BCUT2D eigenvalue weighted by molar-refractivity contribution is 0.330. The maximum Gasteiger partial charge on any atom is 0.244 e. The number of rotatable bonds is 3. The zero-order chi connectivity index (χ0) is 14.6. The van der Waals surface area contributed by atoms with Crippen molar-refractivity contribution in [3.05, 3.63) is 29.8 Å². The van der Waals surface area contributed by atoms with E-state index in [9.17, 15) is 13.2 Å². The molecule has 1 aromatic rings. The van der Waals surface area contributed by atoms with Crippen LogP contribution in [0.15, 0.2) is 34.2 Å². The van der Waals surface area contributed by atoms with E-state index in [1.165, 1.54) is 10.4 Å². The molecule has 0 amide bonds. The Kier molecular flexibility index (Phi) is 4.70. The fraction of sp³-hybridized carbons (Fsp3) is 0.500. The summed E-state index contributed by atoms with van der Waals surface area (Å²) in [5.41, 5.74) is 1.00. The van der Waals surface area contributed by atoms with Crippen molar-refractivity contribution in [2.24, 2.45) is 4.99 Å². The molecule has 6 heteroatoms. The van der Waals surface area contributed by atoms with E-state index in [1.54, 1.807) is 24.3 Å². The Labute approximate surface area is 119 Å². The van der Waals surface area contributed by atoms with Crippen molar-refractivity contribution in [3.8, 4) is 0 Å². The molecule has 0 spiro atoms. The van der Waals surface area contributed by atoms with E-state index in [0.29, 0.717) is 13.0 Å². The van der Waals surface area contributed by atoms with Crippen LogP contribution < -0.4 is 0 Å². The lowest BCUT2D eigenvalue weighted by atomic mass is 10.2. The third kappa shape index (κ3) is 3.15. The standard InChI is InChI=1S/C14H18N2O3S/c1-12-6-8-13(9-7-12)20(18,19)16-10-4-2-3-5-14(16)15-11-17/h6-9,14H,2-5,10H2,1H3. The van der Waals surface area contributed by atoms with Gasteiger partial charge in [-0.3, -0.25) is 0 Å². The fourth-order valence-corrected chi connectivity index (χ4v) is 3.97. The zero-order valence-electron chi connectivity index (χ0n) is 11.4. The fourth-order valence-electron chi connectivity index (χ4n) is 2.38. The Hall–Kier alpha value is -1.49. The smallest absolute Gasteiger partial charge is 0.211 e. The molecule has 108 valence electrons. The Bertz CT molecular complexity index is 604. The first kappa shape index (κ1) is 14.9. The predicted molar refractivity (Wildman–Crippen MR) is 75.4 cm³/mol. The molecule has 0 aromatic heterocycles. The maximum absolute atomic E-state index is 12.7. The maximum atomic E-state index is 12.7. The van der Waals surface area contributed by atoms with Crippen molar-refractivity contribution in [2.75, 3.05) is 6.54 Å². The highest BCUT2D eigenvalue weighted by atomic mass is 32.2. The van der Waals surface area contributed by atoms with Gasteiger partial charge in [0.15, 0.2) is 0 Å². The molecular formula is C14H18N2O3S. The third-order valence-corrected chi connectivity index (χ3v) is 5.41. The molecule has 20 heavy (non-hydrogen) atoms. The van der Waals surface area contributed by atoms with E-state index in [4.69, 9.17) is 0 Å². The Morgan fingerprint density at radius 2 is 1.90 bits per heavy atom. The van der Waals surface area contributed by atoms with Crippen molar-refractivity contribution in [2.45, 2.75) is 43.7 Å². The van der Waals surface area contributed by atoms with Crippen molar-refractivity contribution in [1.82, 2.24) is 4.31 Å². The lowest BCUT2D eigenvalue weighted by Crippen LogP contribution is -2.38. The molecule has 0 radical (unpaired) electrons. The lowest BCUT2D eigenvalue weighted by Gasteiger charge is -2.25. The van der Waals surface area contributed by atoms with Gasteiger partial charge in [0.1, 0.15) is 6.17 Å². The van der Waals surface area contributed by atoms with Crippen LogP contribution >= 0.6 is 0 Å². The molecule has 0 bridgehead atoms. The molecule has 1 aliphatic rings. The van der Waals surface area contributed by atoms with E-state index in [0.717, 1.165) is 24.8 Å². The van der Waals surface area contributed by atoms with Crippen LogP contribution in [0.4, 0.5) is 0 Å². The number of benzene rings is 1. The number of nitrogens with zero attached hydrogens (tertiary/aromatic N) is 2. The van der Waals surface area contributed by atoms with Crippen molar-refractivity contribution in [1.29, 1.82) is 0 Å². The molecule has 1 aromatic carbocycles. The first-order valence-corrected chi connectivity index (χ1v) is 8.15. The van der Waals surface area contributed by atoms with Crippen LogP contribution in [0.5, 0.6) is 0 Å². The highest BCUT2D eigenvalue weighted by Crippen LogP contribution is 2.25. The van der Waals surface area contributed by atoms with Gasteiger partial charge in [0.05, 0.1) is 4.90 Å². The number of aliphatic imine (C=N–C) groups is 1. The summed E-state index contributed by atoms with van der Waals surface area (Å²) in [5.74, 6) is 0. The average Bonchev–Trinajstić information content (AvgIpc) is 2.65. The number of hydrogen-bond donors (Lipinski definition) is 0. The second kappa shape index (κ2) is 6.31. The molecule has 0 saturated carbocycles. The van der Waals surface area contributed by atoms with E-state index >= 15 is 0 Å². The van der Waals surface area contributed by atoms with Gasteiger partial charge >= 0.3 is 0 Å². The summed E-state index contributed by atoms with van der Waals surface area (Å²) in [6.45, 7) is 2.30. The highest BCUT2D eigenvalue weighted by molar-refractivity contribution is 7.89. The van der Waals surface area contributed by atoms with Crippen LogP contribution in [-0.4, -0.2) is 31.5 Å². The number of carbonyl (C=O) groups excluding carboxylic acids is 1. The minimum atomic E-state index is -3.61. The summed E-state index contributed by atoms with van der Waals surface area (Å²) in [4.78, 5) is 14.4. The van der Waals surface area contributed by atoms with Crippen LogP contribution in [0.2, 0.25) is 0 Å². The molecule has 1 heterocycles. The minimum Gasteiger partial charge on any atom is -0.211 e. The monoisotopic (exact) mass is 294 g/mol. The van der Waals surface area contributed by atoms with Crippen LogP contribution in [0.1, 0.15) is 31.2 Å². The van der Waals surface area contributed by atoms with Gasteiger partial charge in [-0.25, -0.2) is 13.2 Å². The normalized spacial score (nSPS) is 20.9. The first-order valence-electron chi connectivity index (χ1n) is 6.71. The van der Waals surface area contributed by atoms with Crippen LogP contribution in [-0.2, 0) is 14.8 Å². The summed E-state index contributed by atoms with van der Waals surface area (Å²) >= 11 is 0. The summed E-state index contributed by atoms with van der Waals surface area (Å²) in [6, 6.07) is 6.72. The van der Waals surface area contributed by atoms with E-state index < -0.39 is 16.2 Å². The zero-order valence-corrected chi connectivity index (χ0v) is 12.3. The summed E-state index contributed by atoms with van der Waals surface area (Å²) in [5, 5.41) is 0. The second-order valence-corrected chi connectivity index (χ2v) is 6.87. The van der Waals surface area contributed by atoms with Gasteiger partial charge < -0.3 is 0 Å². The van der Waals surface area contributed by atoms with Gasteiger partial charge in [-0.15, -0.1) is 0 Å². The molecule has 0 N–H and O–H groups in total. The molecule has 1 unspecified atom stereocenters. The third-order valence-electron chi connectivity index (χ3n) is 3.50. The minimum absolute atomic E-state index is 0.246. The van der Waals surface area contributed by atoms with Gasteiger partial charge in [-0.05, 0) is 38.3 Å². The van der Waals surface area contributed by atoms with Gasteiger partial charge in [0.2, 0.25) is 16.1 Å². The largest absolute Gasteiger partial charge is 0.244 e. The van der Waals surface area contributed by atoms with Gasteiger partial charge in [0.25, 0.3) is 0 Å². The summed E-state index contributed by atoms with van der Waals surface area (Å²) < 4.78 is 26.7. The predicted octanol–water partition coefficient (Wildman–Crippen LogP) is 2.22. The summed E-state index contributed by atoms with van der Waals surface area (Å²) in [7, 11) is -3.61. The second-order valence-electron chi connectivity index (χ2n) is 4.98. The molecule has 1 atom stereocenters. The molecule has 1 aliphatic heterocycles. The number of aryl methyl sites for hydroxylation is 1. The van der Waals surface area contributed by atoms with Gasteiger partial charge in [-0.1, -0.05) is 24.1 Å². The van der Waals surface area contributed by atoms with Crippen LogP contribution in [0.3, 0.4) is 0 Å². The Morgan fingerprint density at radius 3 is 2.55 bits per heavy atom. The molecule has 2 rings (SSSR count). The van der Waals surface area contributed by atoms with Crippen LogP contribution in [0, 0.1) is 6.92 Å². The van der Waals surface area contributed by atoms with E-state index in [1.807, 2.05) is 6.92 Å². The molecule has 1 fully saturated rings. The quantitative estimate of drug-likeness (QED) is 0.634. The van der Waals surface area contributed by atoms with Gasteiger partial charge in [0, 0.05) is 6.54 Å². The first-order chi connectivity index (χ1) is 9.55. The number of hydrogen-bond acceptors (Lipinski definition) is 4.